The Bertz CT molecular complexity index is 460. The largest absolute Gasteiger partial charge is 0.496 e. The predicted molar refractivity (Wildman–Crippen MR) is 73.4 cm³/mol. The molecule has 1 aliphatic carbocycles. The van der Waals surface area contributed by atoms with Gasteiger partial charge in [-0.15, -0.1) is 0 Å². The van der Waals surface area contributed by atoms with E-state index >= 15 is 0 Å². The summed E-state index contributed by atoms with van der Waals surface area (Å²) in [6.45, 7) is 0.485. The van der Waals surface area contributed by atoms with Gasteiger partial charge in [-0.05, 0) is 30.9 Å². The topological polar surface area (TPSA) is 47.6 Å². The fourth-order valence-corrected chi connectivity index (χ4v) is 2.35. The summed E-state index contributed by atoms with van der Waals surface area (Å²) in [6, 6.07) is 5.24. The lowest BCUT2D eigenvalue weighted by atomic mass is 10.1. The van der Waals surface area contributed by atoms with Gasteiger partial charge in [-0.1, -0.05) is 17.7 Å². The predicted octanol–water partition coefficient (Wildman–Crippen LogP) is 2.39. The van der Waals surface area contributed by atoms with Gasteiger partial charge in [0.25, 0.3) is 0 Å². The maximum Gasteiger partial charge on any atom is 0.323 e. The van der Waals surface area contributed by atoms with Crippen LogP contribution < -0.4 is 10.1 Å². The lowest BCUT2D eigenvalue weighted by Crippen LogP contribution is -2.39. The van der Waals surface area contributed by atoms with Crippen molar-refractivity contribution in [3.05, 3.63) is 28.8 Å². The molecule has 0 bridgehead atoms. The van der Waals surface area contributed by atoms with Crippen molar-refractivity contribution in [2.75, 3.05) is 14.2 Å². The standard InChI is InChI=1S/C14H18ClNO3/c1-18-12-5-3-4-11(15)10(12)8-16-13(9-6-7-9)14(17)19-2/h3-5,9,13,16H,6-8H2,1-2H3. The number of halogens is 1. The highest BCUT2D eigenvalue weighted by Gasteiger charge is 2.36. The number of methoxy groups -OCH3 is 2. The van der Waals surface area contributed by atoms with E-state index in [1.54, 1.807) is 7.11 Å². The summed E-state index contributed by atoms with van der Waals surface area (Å²) in [6.07, 6.45) is 2.12. The Morgan fingerprint density at radius 1 is 1.47 bits per heavy atom. The molecule has 104 valence electrons. The van der Waals surface area contributed by atoms with E-state index in [-0.39, 0.29) is 12.0 Å². The molecule has 1 N–H and O–H groups in total. The number of rotatable bonds is 6. The summed E-state index contributed by atoms with van der Waals surface area (Å²) in [5.74, 6) is 0.883. The molecule has 1 aliphatic rings. The first-order chi connectivity index (χ1) is 9.17. The van der Waals surface area contributed by atoms with E-state index in [0.717, 1.165) is 24.2 Å². The first-order valence-corrected chi connectivity index (χ1v) is 6.67. The van der Waals surface area contributed by atoms with E-state index in [1.807, 2.05) is 18.2 Å². The van der Waals surface area contributed by atoms with E-state index in [9.17, 15) is 4.79 Å². The van der Waals surface area contributed by atoms with Crippen LogP contribution in [0.25, 0.3) is 0 Å². The fourth-order valence-electron chi connectivity index (χ4n) is 2.11. The minimum atomic E-state index is -0.258. The average molecular weight is 284 g/mol. The number of benzene rings is 1. The molecule has 1 atom stereocenters. The molecule has 0 aliphatic heterocycles. The Kier molecular flexibility index (Phi) is 4.66. The van der Waals surface area contributed by atoms with Crippen molar-refractivity contribution in [1.29, 1.82) is 0 Å². The summed E-state index contributed by atoms with van der Waals surface area (Å²) >= 11 is 6.16. The van der Waals surface area contributed by atoms with E-state index in [1.165, 1.54) is 7.11 Å². The molecular formula is C14H18ClNO3. The van der Waals surface area contributed by atoms with Crippen LogP contribution in [0.1, 0.15) is 18.4 Å². The zero-order chi connectivity index (χ0) is 13.8. The Balaban J connectivity index is 2.06. The van der Waals surface area contributed by atoms with Gasteiger partial charge in [0.15, 0.2) is 0 Å². The number of esters is 1. The molecule has 1 saturated carbocycles. The van der Waals surface area contributed by atoms with Crippen LogP contribution in [0, 0.1) is 5.92 Å². The van der Waals surface area contributed by atoms with Crippen molar-refractivity contribution in [1.82, 2.24) is 5.32 Å². The maximum atomic E-state index is 11.7. The minimum absolute atomic E-state index is 0.214. The van der Waals surface area contributed by atoms with Gasteiger partial charge >= 0.3 is 5.97 Å². The van der Waals surface area contributed by atoms with Crippen LogP contribution >= 0.6 is 11.6 Å². The highest BCUT2D eigenvalue weighted by Crippen LogP contribution is 2.34. The first-order valence-electron chi connectivity index (χ1n) is 6.30. The Morgan fingerprint density at radius 3 is 2.79 bits per heavy atom. The van der Waals surface area contributed by atoms with Gasteiger partial charge in [-0.3, -0.25) is 10.1 Å². The zero-order valence-corrected chi connectivity index (χ0v) is 11.9. The van der Waals surface area contributed by atoms with Crippen molar-refractivity contribution >= 4 is 17.6 Å². The third kappa shape index (κ3) is 3.39. The fraction of sp³-hybridized carbons (Fsp3) is 0.500. The van der Waals surface area contributed by atoms with Crippen LogP contribution in [0.3, 0.4) is 0 Å². The zero-order valence-electron chi connectivity index (χ0n) is 11.1. The van der Waals surface area contributed by atoms with Crippen LogP contribution in [-0.2, 0) is 16.1 Å². The SMILES string of the molecule is COC(=O)C(NCc1c(Cl)cccc1OC)C1CC1. The van der Waals surface area contributed by atoms with Crippen molar-refractivity contribution in [3.63, 3.8) is 0 Å². The van der Waals surface area contributed by atoms with Gasteiger partial charge in [-0.25, -0.2) is 0 Å². The number of ether oxygens (including phenoxy) is 2. The molecule has 0 amide bonds. The van der Waals surface area contributed by atoms with Crippen molar-refractivity contribution in [2.45, 2.75) is 25.4 Å². The van der Waals surface area contributed by atoms with E-state index < -0.39 is 0 Å². The molecule has 0 heterocycles. The highest BCUT2D eigenvalue weighted by atomic mass is 35.5. The Hall–Kier alpha value is -1.26. The summed E-state index contributed by atoms with van der Waals surface area (Å²) in [4.78, 5) is 11.7. The van der Waals surface area contributed by atoms with Gasteiger partial charge in [0, 0.05) is 17.1 Å². The van der Waals surface area contributed by atoms with Crippen LogP contribution in [0.4, 0.5) is 0 Å². The lowest BCUT2D eigenvalue weighted by Gasteiger charge is -2.17. The summed E-state index contributed by atoms with van der Waals surface area (Å²) < 4.78 is 10.1. The van der Waals surface area contributed by atoms with Gasteiger partial charge in [0.05, 0.1) is 14.2 Å². The minimum Gasteiger partial charge on any atom is -0.496 e. The number of nitrogens with one attached hydrogen (secondary N) is 1. The quantitative estimate of drug-likeness (QED) is 0.815. The Morgan fingerprint density at radius 2 is 2.21 bits per heavy atom. The first kappa shape index (κ1) is 14.2. The van der Waals surface area contributed by atoms with E-state index in [0.29, 0.717) is 17.5 Å². The molecule has 4 nitrogen and oxygen atoms in total. The molecule has 5 heteroatoms. The summed E-state index contributed by atoms with van der Waals surface area (Å²) in [5, 5.41) is 3.86. The lowest BCUT2D eigenvalue weighted by molar-refractivity contribution is -0.143. The van der Waals surface area contributed by atoms with Gasteiger partial charge in [0.1, 0.15) is 11.8 Å². The number of hydrogen-bond acceptors (Lipinski definition) is 4. The maximum absolute atomic E-state index is 11.7. The second-order valence-electron chi connectivity index (χ2n) is 4.64. The van der Waals surface area contributed by atoms with Crippen molar-refractivity contribution < 1.29 is 14.3 Å². The normalized spacial score (nSPS) is 15.9. The molecule has 1 fully saturated rings. The summed E-state index contributed by atoms with van der Waals surface area (Å²) in [5.41, 5.74) is 0.862. The van der Waals surface area contributed by atoms with Crippen molar-refractivity contribution in [2.24, 2.45) is 5.92 Å². The second-order valence-corrected chi connectivity index (χ2v) is 5.05. The third-order valence-electron chi connectivity index (χ3n) is 3.34. The molecule has 0 spiro atoms. The summed E-state index contributed by atoms with van der Waals surface area (Å²) in [7, 11) is 3.02. The molecular weight excluding hydrogens is 266 g/mol. The van der Waals surface area contributed by atoms with Crippen LogP contribution in [-0.4, -0.2) is 26.2 Å². The second kappa shape index (κ2) is 6.26. The molecule has 19 heavy (non-hydrogen) atoms. The van der Waals surface area contributed by atoms with Crippen LogP contribution in [0.2, 0.25) is 5.02 Å². The van der Waals surface area contributed by atoms with Crippen LogP contribution in [0.5, 0.6) is 5.75 Å². The van der Waals surface area contributed by atoms with E-state index in [4.69, 9.17) is 21.1 Å². The molecule has 1 aromatic carbocycles. The third-order valence-corrected chi connectivity index (χ3v) is 3.70. The number of carbonyl (C=O) groups excluding carboxylic acids is 1. The van der Waals surface area contributed by atoms with Gasteiger partial charge < -0.3 is 9.47 Å². The number of hydrogen-bond donors (Lipinski definition) is 1. The Labute approximate surface area is 118 Å². The number of carbonyl (C=O) groups is 1. The van der Waals surface area contributed by atoms with Gasteiger partial charge in [-0.2, -0.15) is 0 Å². The molecule has 1 unspecified atom stereocenters. The average Bonchev–Trinajstić information content (AvgIpc) is 3.24. The van der Waals surface area contributed by atoms with E-state index in [2.05, 4.69) is 5.32 Å². The molecule has 1 aromatic rings. The molecule has 2 rings (SSSR count). The van der Waals surface area contributed by atoms with Crippen LogP contribution in [0.15, 0.2) is 18.2 Å². The van der Waals surface area contributed by atoms with Crippen molar-refractivity contribution in [3.8, 4) is 5.75 Å². The smallest absolute Gasteiger partial charge is 0.323 e. The monoisotopic (exact) mass is 283 g/mol. The molecule has 0 radical (unpaired) electrons. The van der Waals surface area contributed by atoms with Gasteiger partial charge in [0.2, 0.25) is 0 Å². The molecule has 0 saturated heterocycles. The molecule has 0 aromatic heterocycles. The highest BCUT2D eigenvalue weighted by molar-refractivity contribution is 6.31.